The summed E-state index contributed by atoms with van der Waals surface area (Å²) in [5.41, 5.74) is 0. The number of nitrogens with zero attached hydrogens (tertiary/aromatic N) is 1. The second kappa shape index (κ2) is 9.34. The van der Waals surface area contributed by atoms with E-state index in [2.05, 4.69) is 15.9 Å². The fourth-order valence-corrected chi connectivity index (χ4v) is 4.61. The van der Waals surface area contributed by atoms with Gasteiger partial charge in [0.05, 0.1) is 9.38 Å². The molecule has 0 unspecified atom stereocenters. The molecule has 0 radical (unpaired) electrons. The van der Waals surface area contributed by atoms with Gasteiger partial charge in [-0.1, -0.05) is 23.4 Å². The Hall–Kier alpha value is -1.19. The fourth-order valence-electron chi connectivity index (χ4n) is 2.31. The number of carbonyl (C=O) groups excluding carboxylic acids is 2. The van der Waals surface area contributed by atoms with E-state index in [1.807, 2.05) is 12.1 Å². The maximum absolute atomic E-state index is 12.4. The maximum Gasteiger partial charge on any atom is 0.293 e. The van der Waals surface area contributed by atoms with Crippen LogP contribution in [0.4, 0.5) is 4.79 Å². The van der Waals surface area contributed by atoms with Crippen LogP contribution in [-0.4, -0.2) is 36.3 Å². The number of thioether (sulfide) groups is 1. The van der Waals surface area contributed by atoms with Crippen LogP contribution in [-0.2, 0) is 9.53 Å². The zero-order valence-corrected chi connectivity index (χ0v) is 18.2. The van der Waals surface area contributed by atoms with E-state index in [0.717, 1.165) is 21.1 Å². The van der Waals surface area contributed by atoms with Crippen molar-refractivity contribution in [2.75, 3.05) is 20.3 Å². The highest BCUT2D eigenvalue weighted by Crippen LogP contribution is 2.38. The minimum absolute atomic E-state index is 0.274. The van der Waals surface area contributed by atoms with Crippen molar-refractivity contribution in [3.63, 3.8) is 0 Å². The van der Waals surface area contributed by atoms with Gasteiger partial charge in [-0.2, -0.15) is 0 Å². The van der Waals surface area contributed by atoms with Gasteiger partial charge in [0.1, 0.15) is 5.76 Å². The molecule has 1 aliphatic rings. The predicted molar refractivity (Wildman–Crippen MR) is 111 cm³/mol. The number of hydrogen-bond donors (Lipinski definition) is 0. The highest BCUT2D eigenvalue weighted by Gasteiger charge is 2.34. The molecular weight excluding hydrogens is 474 g/mol. The average Bonchev–Trinajstić information content (AvgIpc) is 3.11. The highest BCUT2D eigenvalue weighted by atomic mass is 79.9. The van der Waals surface area contributed by atoms with E-state index in [1.165, 1.54) is 16.7 Å². The molecule has 1 saturated heterocycles. The van der Waals surface area contributed by atoms with Gasteiger partial charge >= 0.3 is 0 Å². The van der Waals surface area contributed by atoms with Crippen molar-refractivity contribution < 1.29 is 18.7 Å². The topological polar surface area (TPSA) is 59.8 Å². The number of rotatable bonds is 7. The Morgan fingerprint density at radius 2 is 2.07 bits per heavy atom. The highest BCUT2D eigenvalue weighted by molar-refractivity contribution is 9.10. The number of methoxy groups -OCH3 is 1. The third-order valence-corrected chi connectivity index (χ3v) is 6.58. The van der Waals surface area contributed by atoms with Crippen LogP contribution < -0.4 is 0 Å². The Morgan fingerprint density at radius 3 is 2.78 bits per heavy atom. The first-order chi connectivity index (χ1) is 13.0. The first-order valence-corrected chi connectivity index (χ1v) is 10.8. The van der Waals surface area contributed by atoms with Crippen LogP contribution in [0.1, 0.15) is 12.2 Å². The lowest BCUT2D eigenvalue weighted by molar-refractivity contribution is -0.122. The van der Waals surface area contributed by atoms with E-state index >= 15 is 0 Å². The average molecular weight is 489 g/mol. The van der Waals surface area contributed by atoms with E-state index in [9.17, 15) is 9.59 Å². The SMILES string of the molecule is COCCCN1C(=O)S/C(=C\c2cc(Br)c(Sc3ccc(Cl)cc3)o2)C1=O. The molecule has 1 aliphatic heterocycles. The zero-order chi connectivity index (χ0) is 19.4. The Kier molecular flexibility index (Phi) is 7.10. The van der Waals surface area contributed by atoms with Crippen LogP contribution in [0.2, 0.25) is 5.02 Å². The minimum Gasteiger partial charge on any atom is -0.449 e. The third kappa shape index (κ3) is 5.20. The first kappa shape index (κ1) is 20.5. The van der Waals surface area contributed by atoms with Gasteiger partial charge in [-0.3, -0.25) is 14.5 Å². The van der Waals surface area contributed by atoms with Crippen molar-refractivity contribution in [2.45, 2.75) is 16.4 Å². The lowest BCUT2D eigenvalue weighted by Crippen LogP contribution is -2.29. The third-order valence-electron chi connectivity index (χ3n) is 3.58. The second-order valence-corrected chi connectivity index (χ2v) is 8.85. The Balaban J connectivity index is 1.73. The zero-order valence-electron chi connectivity index (χ0n) is 14.2. The van der Waals surface area contributed by atoms with Gasteiger partial charge in [-0.15, -0.1) is 0 Å². The largest absolute Gasteiger partial charge is 0.449 e. The molecule has 3 rings (SSSR count). The molecule has 1 aromatic heterocycles. The van der Waals surface area contributed by atoms with Gasteiger partial charge < -0.3 is 9.15 Å². The predicted octanol–water partition coefficient (Wildman–Crippen LogP) is 5.92. The molecule has 2 aromatic rings. The van der Waals surface area contributed by atoms with Crippen molar-refractivity contribution >= 4 is 68.3 Å². The van der Waals surface area contributed by atoms with Crippen LogP contribution in [0.25, 0.3) is 6.08 Å². The summed E-state index contributed by atoms with van der Waals surface area (Å²) in [6.07, 6.45) is 2.20. The number of imide groups is 1. The Bertz CT molecular complexity index is 882. The maximum atomic E-state index is 12.4. The minimum atomic E-state index is -0.305. The van der Waals surface area contributed by atoms with Gasteiger partial charge in [0, 0.05) is 36.3 Å². The second-order valence-electron chi connectivity index (χ2n) is 5.52. The molecule has 0 spiro atoms. The van der Waals surface area contributed by atoms with E-state index in [-0.39, 0.29) is 11.1 Å². The number of amides is 2. The van der Waals surface area contributed by atoms with Gasteiger partial charge in [0.25, 0.3) is 11.1 Å². The van der Waals surface area contributed by atoms with Crippen molar-refractivity contribution in [1.29, 1.82) is 0 Å². The molecule has 27 heavy (non-hydrogen) atoms. The first-order valence-electron chi connectivity index (χ1n) is 7.95. The lowest BCUT2D eigenvalue weighted by atomic mass is 10.3. The summed E-state index contributed by atoms with van der Waals surface area (Å²) in [6, 6.07) is 9.18. The molecular formula is C18H15BrClNO4S2. The molecule has 0 saturated carbocycles. The fraction of sp³-hybridized carbons (Fsp3) is 0.222. The number of halogens is 2. The number of hydrogen-bond acceptors (Lipinski definition) is 6. The summed E-state index contributed by atoms with van der Waals surface area (Å²) in [6.45, 7) is 0.840. The molecule has 2 amide bonds. The molecule has 0 bridgehead atoms. The monoisotopic (exact) mass is 487 g/mol. The number of carbonyl (C=O) groups is 2. The standard InChI is InChI=1S/C18H15BrClNO4S2/c1-24-8-2-7-21-16(22)15(27-18(21)23)10-12-9-14(19)17(25-12)26-13-5-3-11(20)4-6-13/h3-6,9-10H,2,7-8H2,1H3/b15-10-. The Morgan fingerprint density at radius 1 is 1.33 bits per heavy atom. The molecule has 9 heteroatoms. The van der Waals surface area contributed by atoms with Crippen molar-refractivity contribution in [1.82, 2.24) is 4.90 Å². The molecule has 0 atom stereocenters. The number of furan rings is 1. The summed E-state index contributed by atoms with van der Waals surface area (Å²) in [7, 11) is 1.59. The van der Waals surface area contributed by atoms with E-state index in [4.69, 9.17) is 20.8 Å². The smallest absolute Gasteiger partial charge is 0.293 e. The summed E-state index contributed by atoms with van der Waals surface area (Å²) in [5.74, 6) is 0.196. The van der Waals surface area contributed by atoms with E-state index < -0.39 is 0 Å². The summed E-state index contributed by atoms with van der Waals surface area (Å²) >= 11 is 11.7. The normalized spacial score (nSPS) is 16.0. The summed E-state index contributed by atoms with van der Waals surface area (Å²) < 4.78 is 11.6. The van der Waals surface area contributed by atoms with Crippen LogP contribution in [0.3, 0.4) is 0 Å². The van der Waals surface area contributed by atoms with Crippen LogP contribution in [0.15, 0.2) is 54.1 Å². The van der Waals surface area contributed by atoms with E-state index in [0.29, 0.717) is 40.4 Å². The van der Waals surface area contributed by atoms with Gasteiger partial charge in [-0.25, -0.2) is 0 Å². The molecule has 5 nitrogen and oxygen atoms in total. The van der Waals surface area contributed by atoms with Crippen LogP contribution >= 0.6 is 51.1 Å². The van der Waals surface area contributed by atoms with Gasteiger partial charge in [0.15, 0.2) is 5.09 Å². The molecule has 0 aliphatic carbocycles. The van der Waals surface area contributed by atoms with E-state index in [1.54, 1.807) is 31.4 Å². The lowest BCUT2D eigenvalue weighted by Gasteiger charge is -2.11. The van der Waals surface area contributed by atoms with Crippen molar-refractivity contribution in [3.05, 3.63) is 50.5 Å². The quantitative estimate of drug-likeness (QED) is 0.356. The van der Waals surface area contributed by atoms with Crippen molar-refractivity contribution in [3.8, 4) is 0 Å². The van der Waals surface area contributed by atoms with Crippen molar-refractivity contribution in [2.24, 2.45) is 0 Å². The molecule has 1 aromatic carbocycles. The van der Waals surface area contributed by atoms with Crippen LogP contribution in [0, 0.1) is 0 Å². The summed E-state index contributed by atoms with van der Waals surface area (Å²) in [5, 5.41) is 1.05. The molecule has 2 heterocycles. The molecule has 1 fully saturated rings. The van der Waals surface area contributed by atoms with Crippen LogP contribution in [0.5, 0.6) is 0 Å². The Labute approximate surface area is 178 Å². The summed E-state index contributed by atoms with van der Waals surface area (Å²) in [4.78, 5) is 27.0. The molecule has 0 N–H and O–H groups in total. The van der Waals surface area contributed by atoms with Gasteiger partial charge in [-0.05, 0) is 64.4 Å². The number of ether oxygens (including phenoxy) is 1. The molecule has 142 valence electrons. The van der Waals surface area contributed by atoms with Gasteiger partial charge in [0.2, 0.25) is 0 Å². The number of benzene rings is 1.